The molecule has 114 valence electrons. The highest BCUT2D eigenvalue weighted by atomic mass is 16.2. The van der Waals surface area contributed by atoms with Crippen LogP contribution in [0.2, 0.25) is 0 Å². The molecule has 1 aromatic carbocycles. The summed E-state index contributed by atoms with van der Waals surface area (Å²) in [7, 11) is 0. The summed E-state index contributed by atoms with van der Waals surface area (Å²) in [6.07, 6.45) is 4.03. The maximum absolute atomic E-state index is 12.1. The van der Waals surface area contributed by atoms with Gasteiger partial charge in [0.25, 0.3) is 5.91 Å². The van der Waals surface area contributed by atoms with Gasteiger partial charge in [-0.2, -0.15) is 0 Å². The summed E-state index contributed by atoms with van der Waals surface area (Å²) in [5.41, 5.74) is 6.75. The minimum Gasteiger partial charge on any atom is -0.352 e. The van der Waals surface area contributed by atoms with E-state index in [1.54, 1.807) is 24.3 Å². The van der Waals surface area contributed by atoms with Crippen molar-refractivity contribution in [2.24, 2.45) is 5.73 Å². The Labute approximate surface area is 125 Å². The molecule has 0 radical (unpaired) electrons. The standard InChI is InChI=1S/C16H23N3O2/c1-2-10-18-15(21)12-6-3-4-7-13(12)19-14(20)11-16(17)8-5-9-16/h3-4,6-7H,2,5,8-11,17H2,1H3,(H,18,21)(H,19,20). The molecule has 4 N–H and O–H groups in total. The van der Waals surface area contributed by atoms with Crippen LogP contribution in [-0.4, -0.2) is 23.9 Å². The van der Waals surface area contributed by atoms with E-state index in [1.165, 1.54) is 0 Å². The zero-order chi connectivity index (χ0) is 15.3. The molecule has 0 aliphatic heterocycles. The minimum atomic E-state index is -0.358. The second kappa shape index (κ2) is 6.72. The number of para-hydroxylation sites is 1. The lowest BCUT2D eigenvalue weighted by molar-refractivity contribution is -0.118. The molecular formula is C16H23N3O2. The lowest BCUT2D eigenvalue weighted by atomic mass is 9.75. The van der Waals surface area contributed by atoms with E-state index >= 15 is 0 Å². The molecule has 0 bridgehead atoms. The fraction of sp³-hybridized carbons (Fsp3) is 0.500. The van der Waals surface area contributed by atoms with E-state index in [-0.39, 0.29) is 17.4 Å². The summed E-state index contributed by atoms with van der Waals surface area (Å²) >= 11 is 0. The predicted octanol–water partition coefficient (Wildman–Crippen LogP) is 2.04. The first-order chi connectivity index (χ1) is 10.0. The van der Waals surface area contributed by atoms with Crippen molar-refractivity contribution in [2.75, 3.05) is 11.9 Å². The molecule has 1 aliphatic carbocycles. The Bertz CT molecular complexity index is 524. The Morgan fingerprint density at radius 2 is 2.00 bits per heavy atom. The van der Waals surface area contributed by atoms with E-state index in [2.05, 4.69) is 10.6 Å². The van der Waals surface area contributed by atoms with Gasteiger partial charge in [0.1, 0.15) is 0 Å². The van der Waals surface area contributed by atoms with Crippen molar-refractivity contribution in [2.45, 2.75) is 44.6 Å². The van der Waals surface area contributed by atoms with E-state index in [4.69, 9.17) is 5.73 Å². The Hall–Kier alpha value is -1.88. The zero-order valence-corrected chi connectivity index (χ0v) is 12.4. The largest absolute Gasteiger partial charge is 0.352 e. The van der Waals surface area contributed by atoms with Crippen molar-refractivity contribution < 1.29 is 9.59 Å². The lowest BCUT2D eigenvalue weighted by Gasteiger charge is -2.37. The van der Waals surface area contributed by atoms with Crippen LogP contribution < -0.4 is 16.4 Å². The molecule has 0 atom stereocenters. The molecule has 1 aliphatic rings. The molecule has 2 amide bonds. The molecule has 21 heavy (non-hydrogen) atoms. The third-order valence-corrected chi connectivity index (χ3v) is 3.84. The highest BCUT2D eigenvalue weighted by Crippen LogP contribution is 2.32. The number of hydrogen-bond acceptors (Lipinski definition) is 3. The number of benzene rings is 1. The van der Waals surface area contributed by atoms with Crippen molar-refractivity contribution in [3.63, 3.8) is 0 Å². The molecule has 0 heterocycles. The fourth-order valence-electron chi connectivity index (χ4n) is 2.45. The van der Waals surface area contributed by atoms with Crippen LogP contribution in [0.15, 0.2) is 24.3 Å². The van der Waals surface area contributed by atoms with Crippen LogP contribution in [0.5, 0.6) is 0 Å². The second-order valence-electron chi connectivity index (χ2n) is 5.74. The molecule has 1 saturated carbocycles. The number of amides is 2. The van der Waals surface area contributed by atoms with Crippen molar-refractivity contribution >= 4 is 17.5 Å². The number of carbonyl (C=O) groups excluding carboxylic acids is 2. The van der Waals surface area contributed by atoms with Crippen LogP contribution in [0.1, 0.15) is 49.4 Å². The van der Waals surface area contributed by atoms with Gasteiger partial charge in [-0.1, -0.05) is 19.1 Å². The molecular weight excluding hydrogens is 266 g/mol. The lowest BCUT2D eigenvalue weighted by Crippen LogP contribution is -2.49. The fourth-order valence-corrected chi connectivity index (χ4v) is 2.45. The zero-order valence-electron chi connectivity index (χ0n) is 12.4. The smallest absolute Gasteiger partial charge is 0.253 e. The van der Waals surface area contributed by atoms with Gasteiger partial charge in [0, 0.05) is 18.5 Å². The molecule has 5 nitrogen and oxygen atoms in total. The second-order valence-corrected chi connectivity index (χ2v) is 5.74. The molecule has 5 heteroatoms. The van der Waals surface area contributed by atoms with Crippen molar-refractivity contribution in [1.82, 2.24) is 5.32 Å². The first-order valence-corrected chi connectivity index (χ1v) is 7.50. The number of nitrogens with two attached hydrogens (primary N) is 1. The third-order valence-electron chi connectivity index (χ3n) is 3.84. The van der Waals surface area contributed by atoms with Gasteiger partial charge in [0.2, 0.25) is 5.91 Å². The van der Waals surface area contributed by atoms with Crippen molar-refractivity contribution in [3.8, 4) is 0 Å². The topological polar surface area (TPSA) is 84.2 Å². The average Bonchev–Trinajstić information content (AvgIpc) is 2.43. The minimum absolute atomic E-state index is 0.132. The summed E-state index contributed by atoms with van der Waals surface area (Å²) in [5, 5.41) is 5.63. The molecule has 0 spiro atoms. The van der Waals surface area contributed by atoms with Crippen molar-refractivity contribution in [1.29, 1.82) is 0 Å². The third kappa shape index (κ3) is 4.04. The SMILES string of the molecule is CCCNC(=O)c1ccccc1NC(=O)CC1(N)CCC1. The predicted molar refractivity (Wildman–Crippen MR) is 83.1 cm³/mol. The Kier molecular flexibility index (Phi) is 4.96. The van der Waals surface area contributed by atoms with E-state index in [1.807, 2.05) is 6.92 Å². The molecule has 2 rings (SSSR count). The van der Waals surface area contributed by atoms with Gasteiger partial charge in [-0.15, -0.1) is 0 Å². The van der Waals surface area contributed by atoms with Crippen LogP contribution in [-0.2, 0) is 4.79 Å². The van der Waals surface area contributed by atoms with E-state index in [9.17, 15) is 9.59 Å². The Morgan fingerprint density at radius 1 is 1.29 bits per heavy atom. The summed E-state index contributed by atoms with van der Waals surface area (Å²) in [6, 6.07) is 7.03. The number of hydrogen-bond donors (Lipinski definition) is 3. The average molecular weight is 289 g/mol. The summed E-state index contributed by atoms with van der Waals surface area (Å²) in [4.78, 5) is 24.2. The summed E-state index contributed by atoms with van der Waals surface area (Å²) < 4.78 is 0. The van der Waals surface area contributed by atoms with Crippen LogP contribution >= 0.6 is 0 Å². The van der Waals surface area contributed by atoms with Crippen LogP contribution in [0.25, 0.3) is 0 Å². The number of anilines is 1. The maximum Gasteiger partial charge on any atom is 0.253 e. The van der Waals surface area contributed by atoms with Gasteiger partial charge in [-0.05, 0) is 37.8 Å². The normalized spacial score (nSPS) is 15.9. The quantitative estimate of drug-likeness (QED) is 0.749. The maximum atomic E-state index is 12.1. The van der Waals surface area contributed by atoms with Crippen LogP contribution in [0.4, 0.5) is 5.69 Å². The summed E-state index contributed by atoms with van der Waals surface area (Å²) in [6.45, 7) is 2.61. The highest BCUT2D eigenvalue weighted by molar-refractivity contribution is 6.03. The van der Waals surface area contributed by atoms with Gasteiger partial charge in [0.15, 0.2) is 0 Å². The molecule has 0 saturated heterocycles. The molecule has 0 aromatic heterocycles. The van der Waals surface area contributed by atoms with Gasteiger partial charge < -0.3 is 16.4 Å². The molecule has 1 aromatic rings. The van der Waals surface area contributed by atoms with Gasteiger partial charge in [0.05, 0.1) is 11.3 Å². The number of nitrogens with one attached hydrogen (secondary N) is 2. The van der Waals surface area contributed by atoms with Crippen molar-refractivity contribution in [3.05, 3.63) is 29.8 Å². The molecule has 0 unspecified atom stereocenters. The van der Waals surface area contributed by atoms with E-state index in [0.29, 0.717) is 24.2 Å². The van der Waals surface area contributed by atoms with Gasteiger partial charge in [-0.3, -0.25) is 9.59 Å². The first kappa shape index (κ1) is 15.5. The van der Waals surface area contributed by atoms with E-state index in [0.717, 1.165) is 25.7 Å². The van der Waals surface area contributed by atoms with Crippen LogP contribution in [0, 0.1) is 0 Å². The van der Waals surface area contributed by atoms with Crippen LogP contribution in [0.3, 0.4) is 0 Å². The highest BCUT2D eigenvalue weighted by Gasteiger charge is 2.34. The molecule has 1 fully saturated rings. The Balaban J connectivity index is 2.02. The number of carbonyl (C=O) groups is 2. The van der Waals surface area contributed by atoms with E-state index < -0.39 is 0 Å². The van der Waals surface area contributed by atoms with Gasteiger partial charge in [-0.25, -0.2) is 0 Å². The monoisotopic (exact) mass is 289 g/mol. The summed E-state index contributed by atoms with van der Waals surface area (Å²) in [5.74, 6) is -0.299. The first-order valence-electron chi connectivity index (χ1n) is 7.50. The van der Waals surface area contributed by atoms with Gasteiger partial charge >= 0.3 is 0 Å². The number of rotatable bonds is 6. The Morgan fingerprint density at radius 3 is 2.62 bits per heavy atom.